The highest BCUT2D eigenvalue weighted by Gasteiger charge is 2.20. The van der Waals surface area contributed by atoms with Crippen molar-refractivity contribution in [3.8, 4) is 17.1 Å². The standard InChI is InChI=1S/C23H23N3O4/c27-23(28)10-7-17-4-3-5-18(14-17)16-30-19-8-9-20(24-15-19)21-11-12-25-26(21)22-6-1-2-13-29-22/h3-5,7-12,14-15,22H,1-2,6,13,16H2,(H,27,28)/b10-7+. The summed E-state index contributed by atoms with van der Waals surface area (Å²) in [5.74, 6) is -0.315. The van der Waals surface area contributed by atoms with Gasteiger partial charge in [0.15, 0.2) is 6.23 Å². The third-order valence-electron chi connectivity index (χ3n) is 4.87. The Kier molecular flexibility index (Phi) is 6.20. The molecule has 0 spiro atoms. The molecule has 3 heterocycles. The van der Waals surface area contributed by atoms with Crippen LogP contribution in [0.25, 0.3) is 17.5 Å². The van der Waals surface area contributed by atoms with Gasteiger partial charge in [0.2, 0.25) is 0 Å². The molecule has 1 aliphatic heterocycles. The first-order chi connectivity index (χ1) is 14.7. The van der Waals surface area contributed by atoms with Crippen molar-refractivity contribution in [2.24, 2.45) is 0 Å². The number of carbonyl (C=O) groups is 1. The Morgan fingerprint density at radius 3 is 2.97 bits per heavy atom. The number of ether oxygens (including phenoxy) is 2. The average molecular weight is 405 g/mol. The monoisotopic (exact) mass is 405 g/mol. The first-order valence-electron chi connectivity index (χ1n) is 9.93. The Balaban J connectivity index is 1.41. The van der Waals surface area contributed by atoms with Crippen molar-refractivity contribution in [3.63, 3.8) is 0 Å². The molecule has 0 aliphatic carbocycles. The van der Waals surface area contributed by atoms with Gasteiger partial charge in [-0.2, -0.15) is 5.10 Å². The molecule has 0 radical (unpaired) electrons. The largest absolute Gasteiger partial charge is 0.487 e. The molecule has 0 bridgehead atoms. The third-order valence-corrected chi connectivity index (χ3v) is 4.87. The average Bonchev–Trinajstić information content (AvgIpc) is 3.27. The number of aliphatic carboxylic acids is 1. The van der Waals surface area contributed by atoms with Gasteiger partial charge in [0.1, 0.15) is 12.4 Å². The Hall–Kier alpha value is -3.45. The number of rotatable bonds is 7. The maximum atomic E-state index is 10.7. The van der Waals surface area contributed by atoms with E-state index in [1.807, 2.05) is 47.1 Å². The summed E-state index contributed by atoms with van der Waals surface area (Å²) in [4.78, 5) is 15.2. The molecular weight excluding hydrogens is 382 g/mol. The molecule has 1 saturated heterocycles. The van der Waals surface area contributed by atoms with E-state index in [4.69, 9.17) is 14.6 Å². The van der Waals surface area contributed by atoms with E-state index < -0.39 is 5.97 Å². The Bertz CT molecular complexity index is 1020. The lowest BCUT2D eigenvalue weighted by Gasteiger charge is -2.24. The van der Waals surface area contributed by atoms with Gasteiger partial charge in [-0.15, -0.1) is 0 Å². The smallest absolute Gasteiger partial charge is 0.328 e. The molecule has 1 aliphatic rings. The molecule has 1 fully saturated rings. The van der Waals surface area contributed by atoms with Crippen molar-refractivity contribution in [1.82, 2.24) is 14.8 Å². The van der Waals surface area contributed by atoms with Gasteiger partial charge in [0.05, 0.1) is 17.6 Å². The lowest BCUT2D eigenvalue weighted by molar-refractivity contribution is -0.131. The number of aromatic nitrogens is 3. The number of nitrogens with zero attached hydrogens (tertiary/aromatic N) is 3. The molecule has 1 aromatic carbocycles. The van der Waals surface area contributed by atoms with Gasteiger partial charge < -0.3 is 14.6 Å². The van der Waals surface area contributed by atoms with Gasteiger partial charge in [0, 0.05) is 18.9 Å². The molecule has 7 heteroatoms. The predicted octanol–water partition coefficient (Wildman–Crippen LogP) is 4.32. The van der Waals surface area contributed by atoms with Crippen LogP contribution < -0.4 is 4.74 Å². The zero-order valence-corrected chi connectivity index (χ0v) is 16.5. The molecule has 0 amide bonds. The van der Waals surface area contributed by atoms with E-state index in [1.165, 1.54) is 0 Å². The minimum Gasteiger partial charge on any atom is -0.487 e. The molecule has 2 aromatic heterocycles. The van der Waals surface area contributed by atoms with E-state index in [-0.39, 0.29) is 6.23 Å². The van der Waals surface area contributed by atoms with Crippen molar-refractivity contribution in [2.45, 2.75) is 32.1 Å². The molecule has 154 valence electrons. The molecule has 4 rings (SSSR count). The van der Waals surface area contributed by atoms with Crippen LogP contribution in [0.1, 0.15) is 36.6 Å². The van der Waals surface area contributed by atoms with Crippen LogP contribution in [0.15, 0.2) is 60.9 Å². The molecule has 1 unspecified atom stereocenters. The second kappa shape index (κ2) is 9.37. The van der Waals surface area contributed by atoms with Gasteiger partial charge in [0.25, 0.3) is 0 Å². The van der Waals surface area contributed by atoms with E-state index in [9.17, 15) is 4.79 Å². The highest BCUT2D eigenvalue weighted by atomic mass is 16.5. The van der Waals surface area contributed by atoms with Crippen molar-refractivity contribution in [3.05, 3.63) is 72.1 Å². The maximum absolute atomic E-state index is 10.7. The normalized spacial score (nSPS) is 16.6. The van der Waals surface area contributed by atoms with Crippen LogP contribution in [-0.2, 0) is 16.1 Å². The number of hydrogen-bond donors (Lipinski definition) is 1. The molecule has 7 nitrogen and oxygen atoms in total. The van der Waals surface area contributed by atoms with Gasteiger partial charge in [-0.1, -0.05) is 18.2 Å². The van der Waals surface area contributed by atoms with Crippen molar-refractivity contribution in [1.29, 1.82) is 0 Å². The molecule has 1 atom stereocenters. The second-order valence-corrected chi connectivity index (χ2v) is 7.07. The summed E-state index contributed by atoms with van der Waals surface area (Å²) in [5.41, 5.74) is 3.49. The Labute approximate surface area is 174 Å². The van der Waals surface area contributed by atoms with Crippen molar-refractivity contribution < 1.29 is 19.4 Å². The van der Waals surface area contributed by atoms with Crippen LogP contribution in [0.3, 0.4) is 0 Å². The first-order valence-corrected chi connectivity index (χ1v) is 9.93. The number of pyridine rings is 1. The SMILES string of the molecule is O=C(O)/C=C/c1cccc(COc2ccc(-c3ccnn3C3CCCCO3)nc2)c1. The number of carboxylic acids is 1. The zero-order chi connectivity index (χ0) is 20.8. The minimum absolute atomic E-state index is 0.0380. The topological polar surface area (TPSA) is 86.5 Å². The van der Waals surface area contributed by atoms with Crippen molar-refractivity contribution >= 4 is 12.0 Å². The lowest BCUT2D eigenvalue weighted by atomic mass is 10.1. The highest BCUT2D eigenvalue weighted by Crippen LogP contribution is 2.28. The van der Waals surface area contributed by atoms with Crippen LogP contribution in [0, 0.1) is 0 Å². The zero-order valence-electron chi connectivity index (χ0n) is 16.5. The summed E-state index contributed by atoms with van der Waals surface area (Å²) in [6.45, 7) is 1.13. The van der Waals surface area contributed by atoms with E-state index in [0.29, 0.717) is 12.4 Å². The predicted molar refractivity (Wildman–Crippen MR) is 112 cm³/mol. The molecule has 0 saturated carbocycles. The van der Waals surface area contributed by atoms with Gasteiger partial charge in [-0.3, -0.25) is 4.98 Å². The number of hydrogen-bond acceptors (Lipinski definition) is 5. The van der Waals surface area contributed by atoms with Crippen molar-refractivity contribution in [2.75, 3.05) is 6.61 Å². The fourth-order valence-corrected chi connectivity index (χ4v) is 3.40. The fourth-order valence-electron chi connectivity index (χ4n) is 3.40. The number of benzene rings is 1. The summed E-state index contributed by atoms with van der Waals surface area (Å²) < 4.78 is 13.6. The molecule has 30 heavy (non-hydrogen) atoms. The summed E-state index contributed by atoms with van der Waals surface area (Å²) in [6, 6.07) is 13.3. The molecule has 3 aromatic rings. The van der Waals surface area contributed by atoms with Crippen LogP contribution in [0.2, 0.25) is 0 Å². The van der Waals surface area contributed by atoms with Crippen LogP contribution >= 0.6 is 0 Å². The second-order valence-electron chi connectivity index (χ2n) is 7.07. The van der Waals surface area contributed by atoms with E-state index in [1.54, 1.807) is 18.5 Å². The summed E-state index contributed by atoms with van der Waals surface area (Å²) >= 11 is 0. The van der Waals surface area contributed by atoms with Crippen LogP contribution in [0.5, 0.6) is 5.75 Å². The third kappa shape index (κ3) is 4.93. The van der Waals surface area contributed by atoms with Crippen LogP contribution in [-0.4, -0.2) is 32.4 Å². The first kappa shape index (κ1) is 19.8. The van der Waals surface area contributed by atoms with E-state index in [0.717, 1.165) is 54.5 Å². The lowest BCUT2D eigenvalue weighted by Crippen LogP contribution is -2.20. The van der Waals surface area contributed by atoms with E-state index in [2.05, 4.69) is 10.1 Å². The molecule has 1 N–H and O–H groups in total. The Morgan fingerprint density at radius 1 is 1.27 bits per heavy atom. The van der Waals surface area contributed by atoms with Gasteiger partial charge >= 0.3 is 5.97 Å². The fraction of sp³-hybridized carbons (Fsp3) is 0.261. The highest BCUT2D eigenvalue weighted by molar-refractivity contribution is 5.85. The number of carboxylic acid groups (broad SMARTS) is 1. The van der Waals surface area contributed by atoms with Gasteiger partial charge in [-0.25, -0.2) is 9.48 Å². The summed E-state index contributed by atoms with van der Waals surface area (Å²) in [5, 5.41) is 13.2. The van der Waals surface area contributed by atoms with Gasteiger partial charge in [-0.05, 0) is 60.7 Å². The maximum Gasteiger partial charge on any atom is 0.328 e. The quantitative estimate of drug-likeness (QED) is 0.589. The molecular formula is C23H23N3O4. The Morgan fingerprint density at radius 2 is 2.20 bits per heavy atom. The summed E-state index contributed by atoms with van der Waals surface area (Å²) in [6.07, 6.45) is 9.29. The summed E-state index contributed by atoms with van der Waals surface area (Å²) in [7, 11) is 0. The van der Waals surface area contributed by atoms with Crippen LogP contribution in [0.4, 0.5) is 0 Å². The van der Waals surface area contributed by atoms with E-state index >= 15 is 0 Å². The minimum atomic E-state index is -0.973.